The van der Waals surface area contributed by atoms with Crippen molar-refractivity contribution in [2.24, 2.45) is 4.99 Å². The van der Waals surface area contributed by atoms with Gasteiger partial charge in [0.25, 0.3) is 0 Å². The first kappa shape index (κ1) is 20.8. The van der Waals surface area contributed by atoms with Crippen LogP contribution in [0, 0.1) is 0 Å². The number of alkyl halides is 3. The molecule has 0 saturated carbocycles. The van der Waals surface area contributed by atoms with E-state index in [2.05, 4.69) is 20.4 Å². The molecule has 0 amide bonds. The highest BCUT2D eigenvalue weighted by molar-refractivity contribution is 14.0. The molecule has 1 aromatic rings. The average molecular weight is 431 g/mol. The molecule has 8 heteroatoms. The van der Waals surface area contributed by atoms with E-state index < -0.39 is 6.36 Å². The highest BCUT2D eigenvalue weighted by Crippen LogP contribution is 2.22. The Kier molecular flexibility index (Phi) is 9.95. The van der Waals surface area contributed by atoms with Crippen molar-refractivity contribution < 1.29 is 17.9 Å². The highest BCUT2D eigenvalue weighted by atomic mass is 127. The van der Waals surface area contributed by atoms with Gasteiger partial charge in [-0.3, -0.25) is 4.99 Å². The van der Waals surface area contributed by atoms with Gasteiger partial charge in [-0.15, -0.1) is 37.1 Å². The molecule has 0 saturated heterocycles. The lowest BCUT2D eigenvalue weighted by Gasteiger charge is -2.10. The molecule has 126 valence electrons. The number of ether oxygens (including phenoxy) is 1. The number of benzene rings is 1. The molecular weight excluding hydrogens is 410 g/mol. The van der Waals surface area contributed by atoms with Gasteiger partial charge in [0.1, 0.15) is 5.75 Å². The SMILES string of the molecule is CCNC(=NCCc1ccc(OC(F)(F)F)cc1)NCC.I. The fraction of sp³-hybridized carbons (Fsp3) is 0.500. The van der Waals surface area contributed by atoms with Gasteiger partial charge >= 0.3 is 6.36 Å². The topological polar surface area (TPSA) is 45.7 Å². The van der Waals surface area contributed by atoms with Crippen molar-refractivity contribution in [1.82, 2.24) is 10.6 Å². The van der Waals surface area contributed by atoms with Crippen molar-refractivity contribution >= 4 is 29.9 Å². The van der Waals surface area contributed by atoms with Crippen LogP contribution in [0.25, 0.3) is 0 Å². The van der Waals surface area contributed by atoms with Crippen molar-refractivity contribution in [3.63, 3.8) is 0 Å². The van der Waals surface area contributed by atoms with Gasteiger partial charge in [0, 0.05) is 19.6 Å². The van der Waals surface area contributed by atoms with Gasteiger partial charge in [0.05, 0.1) is 0 Å². The second kappa shape index (κ2) is 10.5. The third-order valence-corrected chi connectivity index (χ3v) is 2.52. The van der Waals surface area contributed by atoms with Crippen LogP contribution >= 0.6 is 24.0 Å². The maximum Gasteiger partial charge on any atom is 0.573 e. The molecule has 0 fully saturated rings. The molecule has 0 aromatic heterocycles. The molecule has 4 nitrogen and oxygen atoms in total. The largest absolute Gasteiger partial charge is 0.573 e. The number of hydrogen-bond acceptors (Lipinski definition) is 2. The van der Waals surface area contributed by atoms with Gasteiger partial charge in [-0.1, -0.05) is 12.1 Å². The van der Waals surface area contributed by atoms with E-state index in [0.717, 1.165) is 24.6 Å². The van der Waals surface area contributed by atoms with Gasteiger partial charge in [-0.2, -0.15) is 0 Å². The smallest absolute Gasteiger partial charge is 0.406 e. The van der Waals surface area contributed by atoms with E-state index in [0.29, 0.717) is 13.0 Å². The molecule has 0 bridgehead atoms. The second-order valence-electron chi connectivity index (χ2n) is 4.23. The standard InChI is InChI=1S/C14H20F3N3O.HI/c1-3-18-13(19-4-2)20-10-9-11-5-7-12(8-6-11)21-14(15,16)17;/h5-8H,3-4,9-10H2,1-2H3,(H2,18,19,20);1H. The predicted molar refractivity (Wildman–Crippen MR) is 91.9 cm³/mol. The van der Waals surface area contributed by atoms with E-state index in [1.807, 2.05) is 13.8 Å². The molecule has 0 unspecified atom stereocenters. The number of rotatable bonds is 6. The summed E-state index contributed by atoms with van der Waals surface area (Å²) in [5.41, 5.74) is 0.903. The summed E-state index contributed by atoms with van der Waals surface area (Å²) < 4.78 is 39.9. The minimum Gasteiger partial charge on any atom is -0.406 e. The zero-order chi connectivity index (χ0) is 15.7. The monoisotopic (exact) mass is 431 g/mol. The van der Waals surface area contributed by atoms with E-state index in [-0.39, 0.29) is 29.7 Å². The molecular formula is C14H21F3IN3O. The molecule has 0 aliphatic carbocycles. The summed E-state index contributed by atoms with van der Waals surface area (Å²) in [5, 5.41) is 6.20. The third kappa shape index (κ3) is 8.96. The molecule has 1 aromatic carbocycles. The number of nitrogens with one attached hydrogen (secondary N) is 2. The van der Waals surface area contributed by atoms with Crippen LogP contribution in [-0.2, 0) is 6.42 Å². The molecule has 0 aliphatic heterocycles. The Morgan fingerprint density at radius 2 is 1.64 bits per heavy atom. The lowest BCUT2D eigenvalue weighted by atomic mass is 10.1. The Labute approximate surface area is 145 Å². The van der Waals surface area contributed by atoms with Crippen molar-refractivity contribution in [3.05, 3.63) is 29.8 Å². The van der Waals surface area contributed by atoms with E-state index in [1.54, 1.807) is 12.1 Å². The van der Waals surface area contributed by atoms with Crippen LogP contribution in [0.5, 0.6) is 5.75 Å². The maximum absolute atomic E-state index is 12.0. The maximum atomic E-state index is 12.0. The third-order valence-electron chi connectivity index (χ3n) is 2.52. The van der Waals surface area contributed by atoms with E-state index in [1.165, 1.54) is 12.1 Å². The summed E-state index contributed by atoms with van der Waals surface area (Å²) in [6, 6.07) is 5.83. The minimum absolute atomic E-state index is 0. The first-order valence-electron chi connectivity index (χ1n) is 6.81. The number of halogens is 4. The zero-order valence-electron chi connectivity index (χ0n) is 12.5. The Bertz CT molecular complexity index is 442. The van der Waals surface area contributed by atoms with Gasteiger partial charge in [-0.05, 0) is 38.0 Å². The normalized spacial score (nSPS) is 10.4. The molecule has 22 heavy (non-hydrogen) atoms. The van der Waals surface area contributed by atoms with Crippen LogP contribution in [0.1, 0.15) is 19.4 Å². The molecule has 0 atom stereocenters. The molecule has 1 rings (SSSR count). The van der Waals surface area contributed by atoms with E-state index in [9.17, 15) is 13.2 Å². The quantitative estimate of drug-likeness (QED) is 0.413. The number of aliphatic imine (C=N–C) groups is 1. The van der Waals surface area contributed by atoms with Gasteiger partial charge in [0.2, 0.25) is 0 Å². The van der Waals surface area contributed by atoms with Crippen LogP contribution in [0.3, 0.4) is 0 Å². The Morgan fingerprint density at radius 3 is 2.09 bits per heavy atom. The van der Waals surface area contributed by atoms with Crippen molar-refractivity contribution in [3.8, 4) is 5.75 Å². The molecule has 0 radical (unpaired) electrons. The number of hydrogen-bond donors (Lipinski definition) is 2. The molecule has 0 aliphatic rings. The zero-order valence-corrected chi connectivity index (χ0v) is 14.9. The van der Waals surface area contributed by atoms with Crippen molar-refractivity contribution in [2.75, 3.05) is 19.6 Å². The molecule has 2 N–H and O–H groups in total. The van der Waals surface area contributed by atoms with Gasteiger partial charge in [-0.25, -0.2) is 0 Å². The lowest BCUT2D eigenvalue weighted by Crippen LogP contribution is -2.37. The summed E-state index contributed by atoms with van der Waals surface area (Å²) >= 11 is 0. The average Bonchev–Trinajstić information content (AvgIpc) is 2.39. The first-order valence-corrected chi connectivity index (χ1v) is 6.81. The summed E-state index contributed by atoms with van der Waals surface area (Å²) in [4.78, 5) is 4.36. The summed E-state index contributed by atoms with van der Waals surface area (Å²) in [6.07, 6.45) is -4.01. The van der Waals surface area contributed by atoms with E-state index >= 15 is 0 Å². The van der Waals surface area contributed by atoms with Crippen LogP contribution in [0.4, 0.5) is 13.2 Å². The molecule has 0 spiro atoms. The predicted octanol–water partition coefficient (Wildman–Crippen LogP) is 3.32. The summed E-state index contributed by atoms with van der Waals surface area (Å²) in [5.74, 6) is 0.521. The fourth-order valence-electron chi connectivity index (χ4n) is 1.66. The minimum atomic E-state index is -4.65. The Morgan fingerprint density at radius 1 is 1.09 bits per heavy atom. The summed E-state index contributed by atoms with van der Waals surface area (Å²) in [7, 11) is 0. The Hall–Kier alpha value is -1.19. The van der Waals surface area contributed by atoms with Crippen molar-refractivity contribution in [2.45, 2.75) is 26.6 Å². The highest BCUT2D eigenvalue weighted by Gasteiger charge is 2.30. The summed E-state index contributed by atoms with van der Waals surface area (Å²) in [6.45, 7) is 6.05. The lowest BCUT2D eigenvalue weighted by molar-refractivity contribution is -0.274. The Balaban J connectivity index is 0.00000441. The first-order chi connectivity index (χ1) is 9.94. The van der Waals surface area contributed by atoms with Crippen molar-refractivity contribution in [1.29, 1.82) is 0 Å². The second-order valence-corrected chi connectivity index (χ2v) is 4.23. The van der Waals surface area contributed by atoms with Crippen LogP contribution in [-0.4, -0.2) is 32.0 Å². The van der Waals surface area contributed by atoms with Crippen LogP contribution < -0.4 is 15.4 Å². The number of guanidine groups is 1. The van der Waals surface area contributed by atoms with Gasteiger partial charge in [0.15, 0.2) is 5.96 Å². The molecule has 0 heterocycles. The van der Waals surface area contributed by atoms with E-state index in [4.69, 9.17) is 0 Å². The van der Waals surface area contributed by atoms with Crippen LogP contribution in [0.2, 0.25) is 0 Å². The van der Waals surface area contributed by atoms with Gasteiger partial charge < -0.3 is 15.4 Å². The number of nitrogens with zero attached hydrogens (tertiary/aromatic N) is 1. The van der Waals surface area contributed by atoms with Crippen LogP contribution in [0.15, 0.2) is 29.3 Å². The fourth-order valence-corrected chi connectivity index (χ4v) is 1.66.